The molecule has 9 heteroatoms. The molecule has 3 aromatic carbocycles. The Morgan fingerprint density at radius 1 is 0.929 bits per heavy atom. The van der Waals surface area contributed by atoms with E-state index < -0.39 is 23.5 Å². The van der Waals surface area contributed by atoms with Gasteiger partial charge in [-0.25, -0.2) is 4.79 Å². The van der Waals surface area contributed by atoms with Gasteiger partial charge in [0.05, 0.1) is 6.42 Å². The number of ether oxygens (including phenoxy) is 2. The summed E-state index contributed by atoms with van der Waals surface area (Å²) < 4.78 is 11.6. The van der Waals surface area contributed by atoms with E-state index in [-0.39, 0.29) is 36.0 Å². The summed E-state index contributed by atoms with van der Waals surface area (Å²) in [6.07, 6.45) is 0.331. The van der Waals surface area contributed by atoms with Crippen molar-refractivity contribution in [1.29, 1.82) is 0 Å². The summed E-state index contributed by atoms with van der Waals surface area (Å²) in [5.74, 6) is -1.07. The van der Waals surface area contributed by atoms with Gasteiger partial charge in [0.1, 0.15) is 23.2 Å². The Kier molecular flexibility index (Phi) is 8.10. The molecule has 2 amide bonds. The van der Waals surface area contributed by atoms with Crippen LogP contribution in [0.15, 0.2) is 102 Å². The zero-order valence-electron chi connectivity index (χ0n) is 22.8. The number of fused-ring (bicyclic) bond motifs is 1. The molecule has 0 spiro atoms. The molecule has 214 valence electrons. The summed E-state index contributed by atoms with van der Waals surface area (Å²) >= 11 is 1.48. The molecule has 6 rings (SSSR count). The number of cyclic esters (lactones) is 1. The van der Waals surface area contributed by atoms with Gasteiger partial charge in [-0.3, -0.25) is 19.3 Å². The average Bonchev–Trinajstić information content (AvgIpc) is 3.43. The van der Waals surface area contributed by atoms with Crippen LogP contribution in [-0.4, -0.2) is 51.9 Å². The fourth-order valence-corrected chi connectivity index (χ4v) is 6.94. The van der Waals surface area contributed by atoms with Crippen molar-refractivity contribution < 1.29 is 28.7 Å². The summed E-state index contributed by atoms with van der Waals surface area (Å²) in [5.41, 5.74) is 3.32. The van der Waals surface area contributed by atoms with Crippen molar-refractivity contribution in [1.82, 2.24) is 10.2 Å². The van der Waals surface area contributed by atoms with E-state index in [4.69, 9.17) is 9.47 Å². The smallest absolute Gasteiger partial charge is 0.356 e. The number of carbonyl (C=O) groups is 4. The zero-order valence-corrected chi connectivity index (χ0v) is 23.6. The maximum absolute atomic E-state index is 14.0. The maximum Gasteiger partial charge on any atom is 0.356 e. The van der Waals surface area contributed by atoms with Gasteiger partial charge < -0.3 is 14.8 Å². The van der Waals surface area contributed by atoms with Gasteiger partial charge in [-0.2, -0.15) is 0 Å². The standard InChI is InChI=1S/C33H30N2O6S/c36-26(18-21-10-4-1-5-11-21)34-28-31(38)35-29(24(20-42-32(28)35)19-25-16-17-27(37)40-25)33(39)41-30(22-12-6-2-7-13-22)23-14-8-3-9-15-23/h1-15,25,28,30,32H,16-20H2,(H,34,36)/t25?,28-,32+/m1/s1. The number of esters is 2. The van der Waals surface area contributed by atoms with E-state index >= 15 is 0 Å². The topological polar surface area (TPSA) is 102 Å². The molecule has 0 aliphatic carbocycles. The summed E-state index contributed by atoms with van der Waals surface area (Å²) in [6, 6.07) is 27.5. The van der Waals surface area contributed by atoms with Crippen LogP contribution in [0.1, 0.15) is 42.1 Å². The van der Waals surface area contributed by atoms with Gasteiger partial charge in [-0.05, 0) is 28.7 Å². The third-order valence-corrected chi connectivity index (χ3v) is 8.98. The Labute approximate surface area is 248 Å². The monoisotopic (exact) mass is 582 g/mol. The minimum Gasteiger partial charge on any atom is -0.462 e. The number of rotatable bonds is 9. The lowest BCUT2D eigenvalue weighted by atomic mass is 9.98. The summed E-state index contributed by atoms with van der Waals surface area (Å²) in [6.45, 7) is 0. The number of nitrogens with zero attached hydrogens (tertiary/aromatic N) is 1. The van der Waals surface area contributed by atoms with Crippen molar-refractivity contribution in [3.8, 4) is 0 Å². The molecule has 0 aromatic heterocycles. The number of carbonyl (C=O) groups excluding carboxylic acids is 4. The van der Waals surface area contributed by atoms with E-state index in [9.17, 15) is 19.2 Å². The first-order valence-electron chi connectivity index (χ1n) is 14.0. The molecule has 8 nitrogen and oxygen atoms in total. The van der Waals surface area contributed by atoms with Crippen LogP contribution in [0.4, 0.5) is 0 Å². The predicted molar refractivity (Wildman–Crippen MR) is 157 cm³/mol. The van der Waals surface area contributed by atoms with Crippen molar-refractivity contribution in [3.63, 3.8) is 0 Å². The molecule has 2 saturated heterocycles. The Bertz CT molecular complexity index is 1470. The molecule has 1 N–H and O–H groups in total. The quantitative estimate of drug-likeness (QED) is 0.296. The van der Waals surface area contributed by atoms with Gasteiger partial charge in [0, 0.05) is 18.6 Å². The van der Waals surface area contributed by atoms with E-state index in [1.165, 1.54) is 16.7 Å². The van der Waals surface area contributed by atoms with Crippen LogP contribution in [0.3, 0.4) is 0 Å². The van der Waals surface area contributed by atoms with E-state index in [2.05, 4.69) is 5.32 Å². The molecule has 0 radical (unpaired) electrons. The van der Waals surface area contributed by atoms with Crippen molar-refractivity contribution in [2.45, 2.75) is 49.3 Å². The highest BCUT2D eigenvalue weighted by atomic mass is 32.2. The van der Waals surface area contributed by atoms with Gasteiger partial charge in [0.25, 0.3) is 5.91 Å². The van der Waals surface area contributed by atoms with E-state index in [0.717, 1.165) is 16.7 Å². The predicted octanol–water partition coefficient (Wildman–Crippen LogP) is 4.31. The van der Waals surface area contributed by atoms with Crippen LogP contribution < -0.4 is 5.32 Å². The van der Waals surface area contributed by atoms with E-state index in [0.29, 0.717) is 30.6 Å². The van der Waals surface area contributed by atoms with Crippen molar-refractivity contribution in [3.05, 3.63) is 119 Å². The fourth-order valence-electron chi connectivity index (χ4n) is 5.58. The molecule has 3 aromatic rings. The molecule has 3 heterocycles. The number of benzene rings is 3. The van der Waals surface area contributed by atoms with Crippen LogP contribution >= 0.6 is 11.8 Å². The Balaban J connectivity index is 1.26. The highest BCUT2D eigenvalue weighted by molar-refractivity contribution is 8.00. The number of hydrogen-bond donors (Lipinski definition) is 1. The molecule has 42 heavy (non-hydrogen) atoms. The third kappa shape index (κ3) is 5.83. The minimum absolute atomic E-state index is 0.154. The lowest BCUT2D eigenvalue weighted by Gasteiger charge is -2.50. The molecule has 3 aliphatic rings. The Morgan fingerprint density at radius 2 is 1.55 bits per heavy atom. The second-order valence-corrected chi connectivity index (χ2v) is 11.6. The van der Waals surface area contributed by atoms with Crippen molar-refractivity contribution in [2.24, 2.45) is 0 Å². The molecular formula is C33H30N2O6S. The van der Waals surface area contributed by atoms with Gasteiger partial charge in [0.2, 0.25) is 5.91 Å². The first-order valence-corrected chi connectivity index (χ1v) is 15.0. The normalized spacial score (nSPS) is 21.5. The first-order chi connectivity index (χ1) is 20.5. The SMILES string of the molecule is O=C(Cc1ccccc1)N[C@@H]1C(=O)N2C(C(=O)OC(c3ccccc3)c3ccccc3)=C(CC3CCC(=O)O3)CS[C@@H]12. The highest BCUT2D eigenvalue weighted by Gasteiger charge is 2.54. The number of amides is 2. The van der Waals surface area contributed by atoms with Crippen molar-refractivity contribution in [2.75, 3.05) is 5.75 Å². The van der Waals surface area contributed by atoms with E-state index in [1.54, 1.807) is 0 Å². The van der Waals surface area contributed by atoms with Crippen LogP contribution in [0.25, 0.3) is 0 Å². The lowest BCUT2D eigenvalue weighted by Crippen LogP contribution is -2.70. The largest absolute Gasteiger partial charge is 0.462 e. The molecule has 0 bridgehead atoms. The van der Waals surface area contributed by atoms with Crippen LogP contribution in [0.5, 0.6) is 0 Å². The van der Waals surface area contributed by atoms with Crippen molar-refractivity contribution >= 4 is 35.5 Å². The first kappa shape index (κ1) is 27.8. The van der Waals surface area contributed by atoms with Crippen LogP contribution in [0, 0.1) is 0 Å². The number of thioether (sulfide) groups is 1. The Hall–Kier alpha value is -4.37. The van der Waals surface area contributed by atoms with Gasteiger partial charge in [-0.15, -0.1) is 11.8 Å². The molecule has 1 unspecified atom stereocenters. The van der Waals surface area contributed by atoms with E-state index in [1.807, 2.05) is 91.0 Å². The van der Waals surface area contributed by atoms with Gasteiger partial charge >= 0.3 is 11.9 Å². The van der Waals surface area contributed by atoms with Crippen LogP contribution in [-0.2, 0) is 35.1 Å². The maximum atomic E-state index is 14.0. The third-order valence-electron chi connectivity index (χ3n) is 7.64. The summed E-state index contributed by atoms with van der Waals surface area (Å²) in [7, 11) is 0. The second-order valence-electron chi connectivity index (χ2n) is 10.5. The molecular weight excluding hydrogens is 552 g/mol. The molecule has 2 fully saturated rings. The minimum atomic E-state index is -0.751. The summed E-state index contributed by atoms with van der Waals surface area (Å²) in [4.78, 5) is 53.6. The Morgan fingerprint density at radius 3 is 2.14 bits per heavy atom. The zero-order chi connectivity index (χ0) is 29.1. The molecule has 3 atom stereocenters. The average molecular weight is 583 g/mol. The van der Waals surface area contributed by atoms with Gasteiger partial charge in [-0.1, -0.05) is 91.0 Å². The molecule has 0 saturated carbocycles. The number of hydrogen-bond acceptors (Lipinski definition) is 7. The fraction of sp³-hybridized carbons (Fsp3) is 0.273. The number of β-lactam (4-membered cyclic amide) rings is 1. The molecule has 3 aliphatic heterocycles. The highest BCUT2D eigenvalue weighted by Crippen LogP contribution is 2.43. The second kappa shape index (κ2) is 12.2. The van der Waals surface area contributed by atoms with Crippen LogP contribution in [0.2, 0.25) is 0 Å². The number of nitrogens with one attached hydrogen (secondary N) is 1. The summed E-state index contributed by atoms with van der Waals surface area (Å²) in [5, 5.41) is 2.42. The lowest BCUT2D eigenvalue weighted by molar-refractivity contribution is -0.154. The van der Waals surface area contributed by atoms with Gasteiger partial charge in [0.15, 0.2) is 6.10 Å².